The molecule has 0 aromatic heterocycles. The van der Waals surface area contributed by atoms with Gasteiger partial charge in [0.05, 0.1) is 18.2 Å². The van der Waals surface area contributed by atoms with Gasteiger partial charge in [-0.1, -0.05) is 43.2 Å². The Labute approximate surface area is 132 Å². The van der Waals surface area contributed by atoms with Crippen molar-refractivity contribution in [3.8, 4) is 0 Å². The molecule has 0 aliphatic heterocycles. The zero-order valence-electron chi connectivity index (χ0n) is 13.5. The molecule has 0 heterocycles. The van der Waals surface area contributed by atoms with Crippen molar-refractivity contribution in [3.05, 3.63) is 35.9 Å². The van der Waals surface area contributed by atoms with Gasteiger partial charge >= 0.3 is 6.03 Å². The van der Waals surface area contributed by atoms with E-state index in [1.54, 1.807) is 0 Å². The van der Waals surface area contributed by atoms with E-state index in [0.29, 0.717) is 6.54 Å². The van der Waals surface area contributed by atoms with E-state index >= 15 is 0 Å². The highest BCUT2D eigenvalue weighted by molar-refractivity contribution is 5.74. The Morgan fingerprint density at radius 1 is 1.27 bits per heavy atom. The summed E-state index contributed by atoms with van der Waals surface area (Å²) in [6.45, 7) is 0.533. The largest absolute Gasteiger partial charge is 0.391 e. The number of nitrogens with zero attached hydrogens (tertiary/aromatic N) is 1. The van der Waals surface area contributed by atoms with Gasteiger partial charge in [-0.05, 0) is 32.5 Å². The average molecular weight is 305 g/mol. The first-order valence-corrected chi connectivity index (χ1v) is 8.01. The van der Waals surface area contributed by atoms with Gasteiger partial charge in [0.1, 0.15) is 0 Å². The fraction of sp³-hybridized carbons (Fsp3) is 0.588. The Bertz CT molecular complexity index is 464. The van der Waals surface area contributed by atoms with E-state index in [9.17, 15) is 9.90 Å². The molecule has 2 rings (SSSR count). The predicted octanol–water partition coefficient (Wildman–Crippen LogP) is 1.89. The Morgan fingerprint density at radius 3 is 2.59 bits per heavy atom. The van der Waals surface area contributed by atoms with Crippen LogP contribution in [0.3, 0.4) is 0 Å². The summed E-state index contributed by atoms with van der Waals surface area (Å²) in [6.07, 6.45) is 3.31. The van der Waals surface area contributed by atoms with E-state index in [0.717, 1.165) is 25.7 Å². The normalized spacial score (nSPS) is 23.1. The zero-order valence-corrected chi connectivity index (χ0v) is 13.5. The molecule has 5 nitrogen and oxygen atoms in total. The van der Waals surface area contributed by atoms with E-state index in [1.807, 2.05) is 32.3 Å². The van der Waals surface area contributed by atoms with Gasteiger partial charge in [0, 0.05) is 6.54 Å². The summed E-state index contributed by atoms with van der Waals surface area (Å²) in [5.41, 5.74) is 1.17. The van der Waals surface area contributed by atoms with Crippen LogP contribution in [0.2, 0.25) is 0 Å². The van der Waals surface area contributed by atoms with Gasteiger partial charge in [0.15, 0.2) is 0 Å². The standard InChI is InChI=1S/C17H27N3O2/c1-20(2)15(13-8-4-3-5-9-13)12-18-17(22)19-14-10-6-7-11-16(14)21/h3-5,8-9,14-16,21H,6-7,10-12H2,1-2H3,(H2,18,19,22). The maximum absolute atomic E-state index is 12.1. The van der Waals surface area contributed by atoms with Crippen LogP contribution in [0.1, 0.15) is 37.3 Å². The Balaban J connectivity index is 1.85. The van der Waals surface area contributed by atoms with Crippen molar-refractivity contribution in [1.29, 1.82) is 0 Å². The number of nitrogens with one attached hydrogen (secondary N) is 2. The lowest BCUT2D eigenvalue weighted by Crippen LogP contribution is -2.50. The van der Waals surface area contributed by atoms with Crippen molar-refractivity contribution < 1.29 is 9.90 Å². The van der Waals surface area contributed by atoms with E-state index in [-0.39, 0.29) is 18.1 Å². The lowest BCUT2D eigenvalue weighted by atomic mass is 9.93. The number of amides is 2. The van der Waals surface area contributed by atoms with Crippen molar-refractivity contribution >= 4 is 6.03 Å². The van der Waals surface area contributed by atoms with Crippen LogP contribution < -0.4 is 10.6 Å². The summed E-state index contributed by atoms with van der Waals surface area (Å²) in [4.78, 5) is 14.2. The molecule has 122 valence electrons. The van der Waals surface area contributed by atoms with Gasteiger partial charge < -0.3 is 20.6 Å². The molecule has 2 amide bonds. The number of carbonyl (C=O) groups excluding carboxylic acids is 1. The first-order chi connectivity index (χ1) is 10.6. The summed E-state index contributed by atoms with van der Waals surface area (Å²) in [5, 5.41) is 15.7. The van der Waals surface area contributed by atoms with Crippen LogP contribution in [-0.2, 0) is 0 Å². The van der Waals surface area contributed by atoms with Crippen LogP contribution in [0.5, 0.6) is 0 Å². The minimum Gasteiger partial charge on any atom is -0.391 e. The van der Waals surface area contributed by atoms with Crippen molar-refractivity contribution in [2.75, 3.05) is 20.6 Å². The summed E-state index contributed by atoms with van der Waals surface area (Å²) >= 11 is 0. The van der Waals surface area contributed by atoms with Gasteiger partial charge in [-0.15, -0.1) is 0 Å². The second-order valence-electron chi connectivity index (χ2n) is 6.20. The van der Waals surface area contributed by atoms with Crippen LogP contribution >= 0.6 is 0 Å². The number of urea groups is 1. The Morgan fingerprint density at radius 2 is 1.95 bits per heavy atom. The molecule has 1 aromatic carbocycles. The van der Waals surface area contributed by atoms with E-state index < -0.39 is 6.10 Å². The number of hydrogen-bond donors (Lipinski definition) is 3. The molecule has 0 saturated heterocycles. The second kappa shape index (κ2) is 8.15. The number of aliphatic hydroxyl groups excluding tert-OH is 1. The molecule has 5 heteroatoms. The van der Waals surface area contributed by atoms with E-state index in [1.165, 1.54) is 5.56 Å². The van der Waals surface area contributed by atoms with E-state index in [4.69, 9.17) is 0 Å². The molecule has 3 unspecified atom stereocenters. The molecule has 1 aromatic rings. The van der Waals surface area contributed by atoms with Crippen molar-refractivity contribution in [3.63, 3.8) is 0 Å². The highest BCUT2D eigenvalue weighted by Crippen LogP contribution is 2.19. The number of carbonyl (C=O) groups is 1. The fourth-order valence-electron chi connectivity index (χ4n) is 2.96. The van der Waals surface area contributed by atoms with Crippen molar-refractivity contribution in [2.45, 2.75) is 43.9 Å². The fourth-order valence-corrected chi connectivity index (χ4v) is 2.96. The Hall–Kier alpha value is -1.59. The SMILES string of the molecule is CN(C)C(CNC(=O)NC1CCCCC1O)c1ccccc1. The third-order valence-corrected chi connectivity index (χ3v) is 4.31. The lowest BCUT2D eigenvalue weighted by Gasteiger charge is -2.29. The quantitative estimate of drug-likeness (QED) is 0.778. The van der Waals surface area contributed by atoms with Crippen molar-refractivity contribution in [2.24, 2.45) is 0 Å². The smallest absolute Gasteiger partial charge is 0.315 e. The number of hydrogen-bond acceptors (Lipinski definition) is 3. The molecular weight excluding hydrogens is 278 g/mol. The summed E-state index contributed by atoms with van der Waals surface area (Å²) in [6, 6.07) is 9.93. The van der Waals surface area contributed by atoms with Crippen molar-refractivity contribution in [1.82, 2.24) is 15.5 Å². The second-order valence-corrected chi connectivity index (χ2v) is 6.20. The zero-order chi connectivity index (χ0) is 15.9. The van der Waals surface area contributed by atoms with Crippen LogP contribution in [0.4, 0.5) is 4.79 Å². The average Bonchev–Trinajstić information content (AvgIpc) is 2.50. The van der Waals surface area contributed by atoms with Gasteiger partial charge in [0.25, 0.3) is 0 Å². The maximum atomic E-state index is 12.1. The molecule has 3 N–H and O–H groups in total. The summed E-state index contributed by atoms with van der Waals surface area (Å²) in [7, 11) is 4.00. The van der Waals surface area contributed by atoms with Crippen LogP contribution in [-0.4, -0.2) is 48.8 Å². The van der Waals surface area contributed by atoms with Crippen LogP contribution in [0.15, 0.2) is 30.3 Å². The first-order valence-electron chi connectivity index (χ1n) is 8.01. The molecule has 3 atom stereocenters. The number of rotatable bonds is 5. The third-order valence-electron chi connectivity index (χ3n) is 4.31. The molecule has 0 radical (unpaired) electrons. The maximum Gasteiger partial charge on any atom is 0.315 e. The van der Waals surface area contributed by atoms with Gasteiger partial charge in [-0.25, -0.2) is 4.79 Å². The molecule has 1 saturated carbocycles. The van der Waals surface area contributed by atoms with E-state index in [2.05, 4.69) is 27.7 Å². The first kappa shape index (κ1) is 16.8. The monoisotopic (exact) mass is 305 g/mol. The molecule has 0 spiro atoms. The summed E-state index contributed by atoms with van der Waals surface area (Å²) < 4.78 is 0. The van der Waals surface area contributed by atoms with Gasteiger partial charge in [0.2, 0.25) is 0 Å². The minimum absolute atomic E-state index is 0.122. The third kappa shape index (κ3) is 4.71. The lowest BCUT2D eigenvalue weighted by molar-refractivity contribution is 0.0941. The molecule has 1 aliphatic carbocycles. The highest BCUT2D eigenvalue weighted by Gasteiger charge is 2.24. The number of aliphatic hydroxyl groups is 1. The molecule has 1 fully saturated rings. The number of benzene rings is 1. The van der Waals surface area contributed by atoms with Gasteiger partial charge in [-0.3, -0.25) is 0 Å². The highest BCUT2D eigenvalue weighted by atomic mass is 16.3. The minimum atomic E-state index is -0.418. The van der Waals surface area contributed by atoms with Gasteiger partial charge in [-0.2, -0.15) is 0 Å². The Kier molecular flexibility index (Phi) is 6.21. The molecular formula is C17H27N3O2. The molecule has 22 heavy (non-hydrogen) atoms. The molecule has 0 bridgehead atoms. The topological polar surface area (TPSA) is 64.6 Å². The van der Waals surface area contributed by atoms with Crippen LogP contribution in [0, 0.1) is 0 Å². The summed E-state index contributed by atoms with van der Waals surface area (Å²) in [5.74, 6) is 0. The van der Waals surface area contributed by atoms with Crippen LogP contribution in [0.25, 0.3) is 0 Å². The molecule has 1 aliphatic rings. The number of likely N-dealkylation sites (N-methyl/N-ethyl adjacent to an activating group) is 1. The predicted molar refractivity (Wildman–Crippen MR) is 87.7 cm³/mol.